The van der Waals surface area contributed by atoms with E-state index in [-0.39, 0.29) is 11.5 Å². The Morgan fingerprint density at radius 1 is 1.22 bits per heavy atom. The molecule has 0 unspecified atom stereocenters. The van der Waals surface area contributed by atoms with Crippen molar-refractivity contribution in [2.75, 3.05) is 13.2 Å². The Kier molecular flexibility index (Phi) is 8.15. The number of carboxylic acid groups (broad SMARTS) is 1. The molecule has 3 aromatic rings. The molecule has 0 aliphatic heterocycles. The van der Waals surface area contributed by atoms with Gasteiger partial charge >= 0.3 is 5.97 Å². The van der Waals surface area contributed by atoms with Crippen LogP contribution in [-0.4, -0.2) is 40.2 Å². The lowest BCUT2D eigenvalue weighted by atomic mass is 9.88. The van der Waals surface area contributed by atoms with Crippen molar-refractivity contribution in [2.45, 2.75) is 51.4 Å². The number of fused-ring (bicyclic) bond motifs is 1. The number of rotatable bonds is 10. The molecule has 1 aliphatic rings. The van der Waals surface area contributed by atoms with Crippen LogP contribution < -0.4 is 15.0 Å². The highest BCUT2D eigenvalue weighted by Gasteiger charge is 2.22. The van der Waals surface area contributed by atoms with Gasteiger partial charge in [0, 0.05) is 11.5 Å². The molecule has 0 radical (unpaired) electrons. The highest BCUT2D eigenvalue weighted by atomic mass is 16.5. The van der Waals surface area contributed by atoms with E-state index in [2.05, 4.69) is 11.7 Å². The molecular weight excluding hydrogens is 458 g/mol. The van der Waals surface area contributed by atoms with Crippen molar-refractivity contribution in [3.63, 3.8) is 0 Å². The number of aromatic nitrogens is 2. The third-order valence-electron chi connectivity index (χ3n) is 6.23. The van der Waals surface area contributed by atoms with E-state index in [1.54, 1.807) is 24.4 Å². The first-order valence-electron chi connectivity index (χ1n) is 12.3. The van der Waals surface area contributed by atoms with Gasteiger partial charge in [0.2, 0.25) is 0 Å². The summed E-state index contributed by atoms with van der Waals surface area (Å²) < 4.78 is 12.7. The van der Waals surface area contributed by atoms with E-state index in [0.717, 1.165) is 31.2 Å². The van der Waals surface area contributed by atoms with E-state index in [4.69, 9.17) is 19.6 Å². The fourth-order valence-corrected chi connectivity index (χ4v) is 4.63. The Morgan fingerprint density at radius 3 is 2.72 bits per heavy atom. The fourth-order valence-electron chi connectivity index (χ4n) is 4.63. The van der Waals surface area contributed by atoms with Gasteiger partial charge in [-0.15, -0.1) is 6.58 Å². The minimum Gasteiger partial charge on any atom is -0.490 e. The van der Waals surface area contributed by atoms with E-state index in [0.29, 0.717) is 46.8 Å². The van der Waals surface area contributed by atoms with Crippen molar-refractivity contribution in [1.29, 1.82) is 0 Å². The molecule has 0 bridgehead atoms. The van der Waals surface area contributed by atoms with Crippen molar-refractivity contribution in [3.05, 3.63) is 76.4 Å². The van der Waals surface area contributed by atoms with Crippen LogP contribution in [-0.2, 0) is 11.2 Å². The molecule has 188 valence electrons. The van der Waals surface area contributed by atoms with Gasteiger partial charge < -0.3 is 14.6 Å². The predicted octanol–water partition coefficient (Wildman–Crippen LogP) is 4.92. The van der Waals surface area contributed by atoms with Gasteiger partial charge in [-0.2, -0.15) is 9.78 Å². The number of para-hydroxylation sites is 1. The molecule has 0 amide bonds. The zero-order chi connectivity index (χ0) is 25.5. The lowest BCUT2D eigenvalue weighted by molar-refractivity contribution is -0.139. The smallest absolute Gasteiger partial charge is 0.341 e. The number of aliphatic carboxylic acids is 1. The van der Waals surface area contributed by atoms with E-state index in [9.17, 15) is 9.59 Å². The third-order valence-corrected chi connectivity index (χ3v) is 6.23. The maximum absolute atomic E-state index is 13.5. The van der Waals surface area contributed by atoms with Crippen LogP contribution >= 0.6 is 0 Å². The highest BCUT2D eigenvalue weighted by molar-refractivity contribution is 5.82. The summed E-state index contributed by atoms with van der Waals surface area (Å²) in [5.41, 5.74) is 1.89. The molecule has 8 nitrogen and oxygen atoms in total. The van der Waals surface area contributed by atoms with E-state index >= 15 is 0 Å². The van der Waals surface area contributed by atoms with Crippen LogP contribution in [0.4, 0.5) is 0 Å². The van der Waals surface area contributed by atoms with Gasteiger partial charge in [0.15, 0.2) is 18.1 Å². The number of carboxylic acids is 1. The molecule has 0 saturated heterocycles. The Morgan fingerprint density at radius 2 is 2.00 bits per heavy atom. The average Bonchev–Trinajstić information content (AvgIpc) is 2.88. The van der Waals surface area contributed by atoms with Crippen LogP contribution in [0.3, 0.4) is 0 Å². The maximum Gasteiger partial charge on any atom is 0.341 e. The summed E-state index contributed by atoms with van der Waals surface area (Å²) in [5.74, 6) is 0.563. The Hall–Kier alpha value is -3.94. The van der Waals surface area contributed by atoms with Crippen LogP contribution in [0.15, 0.2) is 58.9 Å². The molecule has 1 fully saturated rings. The van der Waals surface area contributed by atoms with Crippen LogP contribution in [0.2, 0.25) is 0 Å². The van der Waals surface area contributed by atoms with Gasteiger partial charge in [0.25, 0.3) is 5.56 Å². The normalized spacial score (nSPS) is 14.2. The molecule has 0 spiro atoms. The number of carbonyl (C=O) groups is 1. The van der Waals surface area contributed by atoms with Gasteiger partial charge in [0.1, 0.15) is 5.82 Å². The van der Waals surface area contributed by atoms with Gasteiger partial charge in [-0.1, -0.05) is 37.5 Å². The molecule has 36 heavy (non-hydrogen) atoms. The number of hydrogen-bond acceptors (Lipinski definition) is 6. The Bertz CT molecular complexity index is 1340. The quantitative estimate of drug-likeness (QED) is 0.320. The Labute approximate surface area is 209 Å². The molecule has 1 saturated carbocycles. The number of allylic oxidation sites excluding steroid dienone is 1. The lowest BCUT2D eigenvalue weighted by Gasteiger charge is -2.22. The second-order valence-electron chi connectivity index (χ2n) is 8.80. The minimum absolute atomic E-state index is 0.176. The summed E-state index contributed by atoms with van der Waals surface area (Å²) in [5, 5.41) is 14.2. The van der Waals surface area contributed by atoms with Crippen molar-refractivity contribution in [1.82, 2.24) is 9.66 Å². The zero-order valence-corrected chi connectivity index (χ0v) is 20.5. The first-order chi connectivity index (χ1) is 17.5. The largest absolute Gasteiger partial charge is 0.490 e. The molecule has 1 aliphatic carbocycles. The topological polar surface area (TPSA) is 103 Å². The van der Waals surface area contributed by atoms with Crippen molar-refractivity contribution >= 4 is 23.1 Å². The first-order valence-corrected chi connectivity index (χ1v) is 12.3. The van der Waals surface area contributed by atoms with E-state index < -0.39 is 12.6 Å². The summed E-state index contributed by atoms with van der Waals surface area (Å²) in [7, 11) is 0. The summed E-state index contributed by atoms with van der Waals surface area (Å²) in [6.45, 7) is 5.52. The number of hydrogen-bond donors (Lipinski definition) is 1. The van der Waals surface area contributed by atoms with Crippen LogP contribution in [0.5, 0.6) is 11.5 Å². The minimum atomic E-state index is -1.08. The zero-order valence-electron chi connectivity index (χ0n) is 20.5. The second kappa shape index (κ2) is 11.7. The molecule has 1 heterocycles. The lowest BCUT2D eigenvalue weighted by Crippen LogP contribution is -2.25. The average molecular weight is 490 g/mol. The number of nitrogens with zero attached hydrogens (tertiary/aromatic N) is 3. The molecule has 1 N–H and O–H groups in total. The molecular formula is C28H31N3O5. The van der Waals surface area contributed by atoms with Crippen LogP contribution in [0, 0.1) is 0 Å². The summed E-state index contributed by atoms with van der Waals surface area (Å²) >= 11 is 0. The highest BCUT2D eigenvalue weighted by Crippen LogP contribution is 2.34. The third kappa shape index (κ3) is 5.64. The maximum atomic E-state index is 13.5. The molecule has 1 aromatic heterocycles. The summed E-state index contributed by atoms with van der Waals surface area (Å²) in [6, 6.07) is 10.9. The summed E-state index contributed by atoms with van der Waals surface area (Å²) in [4.78, 5) is 29.4. The van der Waals surface area contributed by atoms with E-state index in [1.807, 2.05) is 31.2 Å². The molecule has 4 rings (SSSR count). The van der Waals surface area contributed by atoms with Crippen molar-refractivity contribution in [3.8, 4) is 11.5 Å². The first kappa shape index (κ1) is 25.2. The SMILES string of the molecule is C=CCc1cc(C=Nn2c(C3CCCCC3)nc3ccccc3c2=O)cc(OCC)c1OCC(=O)O. The summed E-state index contributed by atoms with van der Waals surface area (Å²) in [6.07, 6.45) is 9.14. The van der Waals surface area contributed by atoms with Crippen LogP contribution in [0.1, 0.15) is 61.9 Å². The van der Waals surface area contributed by atoms with Gasteiger partial charge in [-0.3, -0.25) is 4.79 Å². The van der Waals surface area contributed by atoms with Gasteiger partial charge in [-0.05, 0) is 56.0 Å². The number of benzene rings is 2. The van der Waals surface area contributed by atoms with Crippen molar-refractivity contribution in [2.24, 2.45) is 5.10 Å². The molecule has 8 heteroatoms. The van der Waals surface area contributed by atoms with E-state index in [1.165, 1.54) is 11.1 Å². The van der Waals surface area contributed by atoms with Crippen LogP contribution in [0.25, 0.3) is 10.9 Å². The fraction of sp³-hybridized carbons (Fsp3) is 0.357. The molecule has 2 aromatic carbocycles. The van der Waals surface area contributed by atoms with Gasteiger partial charge in [-0.25, -0.2) is 9.78 Å². The number of ether oxygens (including phenoxy) is 2. The monoisotopic (exact) mass is 489 g/mol. The Balaban J connectivity index is 1.80. The standard InChI is InChI=1S/C28H31N3O5/c1-3-10-21-15-19(16-24(35-4-2)26(21)36-18-25(32)33)17-29-31-27(20-11-6-5-7-12-20)30-23-14-9-8-13-22(23)28(31)34/h3,8-9,13-17,20H,1,4-7,10-12,18H2,2H3,(H,32,33). The molecule has 0 atom stereocenters. The second-order valence-corrected chi connectivity index (χ2v) is 8.80. The van der Waals surface area contributed by atoms with Gasteiger partial charge in [0.05, 0.1) is 23.7 Å². The predicted molar refractivity (Wildman–Crippen MR) is 139 cm³/mol. The van der Waals surface area contributed by atoms with Crippen molar-refractivity contribution < 1.29 is 19.4 Å².